The van der Waals surface area contributed by atoms with Gasteiger partial charge in [-0.05, 0) is 109 Å². The molecule has 7 N–H and O–H groups in total. The van der Waals surface area contributed by atoms with E-state index < -0.39 is 83.7 Å². The number of carbonyl (C=O) groups excluding carboxylic acids is 2. The van der Waals surface area contributed by atoms with Crippen LogP contribution in [0.15, 0.2) is 126 Å². The van der Waals surface area contributed by atoms with Gasteiger partial charge < -0.3 is 45.1 Å². The first-order valence-corrected chi connectivity index (χ1v) is 29.0. The van der Waals surface area contributed by atoms with Crippen molar-refractivity contribution in [3.63, 3.8) is 0 Å². The first-order valence-electron chi connectivity index (χ1n) is 26.0. The minimum absolute atomic E-state index is 0.0501. The van der Waals surface area contributed by atoms with Crippen LogP contribution >= 0.6 is 15.6 Å². The molecule has 1 aliphatic rings. The summed E-state index contributed by atoms with van der Waals surface area (Å²) >= 11 is 0. The number of unbranched alkanes of at least 4 members (excludes halogenated alkanes) is 7. The quantitative estimate of drug-likeness (QED) is 0.0154. The highest BCUT2D eigenvalue weighted by molar-refractivity contribution is 7.61. The van der Waals surface area contributed by atoms with Crippen molar-refractivity contribution >= 4 is 33.4 Å². The average Bonchev–Trinajstić information content (AvgIpc) is 3.65. The van der Waals surface area contributed by atoms with Crippen molar-refractivity contribution in [2.24, 2.45) is 0 Å². The van der Waals surface area contributed by atoms with E-state index in [2.05, 4.69) is 107 Å². The first-order chi connectivity index (χ1) is 36.2. The number of hydrogen-bond donors (Lipinski definition) is 6. The molecule has 0 aliphatic carbocycles. The Morgan fingerprint density at radius 1 is 0.667 bits per heavy atom. The summed E-state index contributed by atoms with van der Waals surface area (Å²) in [5.74, 6) is -1.43. The number of hydrogen-bond acceptors (Lipinski definition) is 16. The number of phosphoric acid groups is 2. The van der Waals surface area contributed by atoms with Crippen molar-refractivity contribution in [1.29, 1.82) is 0 Å². The predicted molar refractivity (Wildman–Crippen MR) is 290 cm³/mol. The summed E-state index contributed by atoms with van der Waals surface area (Å²) in [6.07, 6.45) is 46.1. The first kappa shape index (κ1) is 66.5. The van der Waals surface area contributed by atoms with Gasteiger partial charge in [-0.25, -0.2) is 13.9 Å². The smallest absolute Gasteiger partial charge is 0.462 e. The largest absolute Gasteiger partial charge is 0.481 e. The number of nitrogens with two attached hydrogens (primary N) is 1. The van der Waals surface area contributed by atoms with Crippen LogP contribution in [0.25, 0.3) is 0 Å². The molecule has 19 nitrogen and oxygen atoms in total. The summed E-state index contributed by atoms with van der Waals surface area (Å²) in [7, 11) is -10.9. The van der Waals surface area contributed by atoms with Crippen molar-refractivity contribution in [3.8, 4) is 0 Å². The van der Waals surface area contributed by atoms with Crippen molar-refractivity contribution in [3.05, 3.63) is 132 Å². The lowest BCUT2D eigenvalue weighted by Gasteiger charge is -2.21. The molecule has 1 fully saturated rings. The molecule has 21 heteroatoms. The van der Waals surface area contributed by atoms with Crippen LogP contribution in [0, 0.1) is 0 Å². The van der Waals surface area contributed by atoms with Crippen LogP contribution in [0.1, 0.15) is 142 Å². The number of rotatable bonds is 42. The van der Waals surface area contributed by atoms with E-state index in [1.807, 2.05) is 18.2 Å². The third-order valence-corrected chi connectivity index (χ3v) is 13.5. The molecule has 2 rings (SSSR count). The molecule has 0 amide bonds. The molecule has 1 saturated heterocycles. The number of ether oxygens (including phenoxy) is 3. The Kier molecular flexibility index (Phi) is 36.8. The minimum atomic E-state index is -5.46. The highest BCUT2D eigenvalue weighted by atomic mass is 31.3. The lowest BCUT2D eigenvalue weighted by Crippen LogP contribution is -2.36. The van der Waals surface area contributed by atoms with Crippen molar-refractivity contribution in [2.45, 2.75) is 166 Å². The molecule has 2 unspecified atom stereocenters. The molecular formula is C54H83N3O16P2. The van der Waals surface area contributed by atoms with E-state index in [0.717, 1.165) is 101 Å². The number of aromatic nitrogens is 2. The van der Waals surface area contributed by atoms with E-state index in [-0.39, 0.29) is 25.3 Å². The topological polar surface area (TPSA) is 286 Å². The van der Waals surface area contributed by atoms with E-state index in [1.54, 1.807) is 0 Å². The van der Waals surface area contributed by atoms with E-state index in [0.29, 0.717) is 25.7 Å². The maximum Gasteiger partial charge on any atom is 0.481 e. The third-order valence-electron chi connectivity index (χ3n) is 10.9. The molecule has 1 aliphatic heterocycles. The number of aliphatic hydroxyl groups excluding tert-OH is 3. The van der Waals surface area contributed by atoms with E-state index in [4.69, 9.17) is 34.1 Å². The van der Waals surface area contributed by atoms with Crippen molar-refractivity contribution in [2.75, 3.05) is 32.2 Å². The Bertz CT molecular complexity index is 2190. The van der Waals surface area contributed by atoms with Gasteiger partial charge in [-0.2, -0.15) is 9.29 Å². The normalized spacial score (nSPS) is 19.7. The van der Waals surface area contributed by atoms with Crippen LogP contribution in [-0.2, 0) is 46.3 Å². The van der Waals surface area contributed by atoms with Gasteiger partial charge in [-0.3, -0.25) is 23.2 Å². The second-order valence-electron chi connectivity index (χ2n) is 17.4. The summed E-state index contributed by atoms with van der Waals surface area (Å²) in [5, 5.41) is 29.8. The number of nitrogens with zero attached hydrogens (tertiary/aromatic N) is 2. The van der Waals surface area contributed by atoms with Crippen LogP contribution in [0.4, 0.5) is 5.82 Å². The lowest BCUT2D eigenvalue weighted by atomic mass is 10.1. The predicted octanol–water partition coefficient (Wildman–Crippen LogP) is 9.97. The molecule has 2 heterocycles. The third kappa shape index (κ3) is 33.9. The van der Waals surface area contributed by atoms with Gasteiger partial charge in [0.15, 0.2) is 12.3 Å². The number of phosphoric ester groups is 2. The number of aliphatic hydroxyl groups is 3. The van der Waals surface area contributed by atoms with Crippen LogP contribution in [0.5, 0.6) is 0 Å². The molecule has 7 atom stereocenters. The van der Waals surface area contributed by atoms with Crippen LogP contribution in [0.2, 0.25) is 0 Å². The Hall–Kier alpha value is -4.62. The molecule has 0 saturated carbocycles. The Labute approximate surface area is 443 Å². The number of carbonyl (C=O) groups is 2. The molecule has 420 valence electrons. The zero-order chi connectivity index (χ0) is 54.8. The Morgan fingerprint density at radius 2 is 1.15 bits per heavy atom. The molecule has 1 aromatic rings. The Balaban J connectivity index is 1.84. The fourth-order valence-corrected chi connectivity index (χ4v) is 9.01. The lowest BCUT2D eigenvalue weighted by molar-refractivity contribution is -0.161. The van der Waals surface area contributed by atoms with Gasteiger partial charge in [-0.15, -0.1) is 0 Å². The minimum Gasteiger partial charge on any atom is -0.462 e. The Morgan fingerprint density at radius 3 is 1.67 bits per heavy atom. The van der Waals surface area contributed by atoms with E-state index >= 15 is 0 Å². The van der Waals surface area contributed by atoms with Gasteiger partial charge in [0.25, 0.3) is 0 Å². The highest BCUT2D eigenvalue weighted by Crippen LogP contribution is 2.60. The number of nitrogen functional groups attached to an aromatic ring is 1. The van der Waals surface area contributed by atoms with E-state index in [9.17, 15) is 43.5 Å². The second kappa shape index (κ2) is 41.5. The summed E-state index contributed by atoms with van der Waals surface area (Å²) in [6.45, 7) is -0.0564. The molecule has 75 heavy (non-hydrogen) atoms. The van der Waals surface area contributed by atoms with Crippen LogP contribution in [-0.4, -0.2) is 97.4 Å². The average molecular weight is 1090 g/mol. The molecule has 1 aromatic heterocycles. The monoisotopic (exact) mass is 1090 g/mol. The maximum absolute atomic E-state index is 12.9. The summed E-state index contributed by atoms with van der Waals surface area (Å²) in [5.41, 5.74) is 4.58. The fraction of sp³-hybridized carbons (Fsp3) is 0.556. The standard InChI is InChI=1S/C54H83N3O16P2/c1-2-3-4-5-6-7-8-9-10-11-12-14-17-20-23-26-29-32-35-38-49(59)68-43-46(71-50(60)39-36-33-30-27-24-21-18-15-13-16-19-22-25-28-31-34-37-42-58)44-69-74(64,65)73-75(66,67)70-45-47-51(61)52(62)53(72-47)57-41-40-48(55)56-54(57)63/h3-4,6-7,9-10,12-14,16,18,20-23,25,27,30,40-41,46-47,51-53,58,61-62H,2,5,8,11,15,17,19,24,26,28-29,31-39,42-45H2,1H3,(H,64,65)(H,66,67)(H2,55,56,63)/b4-3-,7-6-,10-9-,14-12-,16-13-,21-18-,23-20-,25-22-,30-27-/t46-,47-,51-,52-,53-/m1/s1. The molecule has 0 aromatic carbocycles. The number of esters is 2. The van der Waals surface area contributed by atoms with Gasteiger partial charge in [-0.1, -0.05) is 129 Å². The van der Waals surface area contributed by atoms with Crippen LogP contribution in [0.3, 0.4) is 0 Å². The fourth-order valence-electron chi connectivity index (χ4n) is 6.90. The molecule has 0 spiro atoms. The zero-order valence-electron chi connectivity index (χ0n) is 43.5. The van der Waals surface area contributed by atoms with Gasteiger partial charge in [0, 0.05) is 25.6 Å². The van der Waals surface area contributed by atoms with Crippen molar-refractivity contribution in [1.82, 2.24) is 9.55 Å². The van der Waals surface area contributed by atoms with Gasteiger partial charge in [0.2, 0.25) is 0 Å². The van der Waals surface area contributed by atoms with Gasteiger partial charge in [0.1, 0.15) is 30.7 Å². The summed E-state index contributed by atoms with van der Waals surface area (Å²) < 4.78 is 56.7. The second-order valence-corrected chi connectivity index (χ2v) is 20.4. The number of allylic oxidation sites excluding steroid dienone is 18. The summed E-state index contributed by atoms with van der Waals surface area (Å²) in [6, 6.07) is 1.24. The highest BCUT2D eigenvalue weighted by Gasteiger charge is 2.46. The van der Waals surface area contributed by atoms with Crippen LogP contribution < -0.4 is 11.4 Å². The molecule has 0 radical (unpaired) electrons. The molecule has 0 bridgehead atoms. The van der Waals surface area contributed by atoms with E-state index in [1.165, 1.54) is 6.07 Å². The SMILES string of the molecule is CC/C=C\C/C=C\C/C=C\C/C=C\C/C=C\CCCCCC(=O)OC[C@H](COP(=O)(O)OP(=O)(O)OC[C@H]1O[C@@H](n2ccc(N)nc2=O)[C@H](O)[C@@H]1O)OC(=O)CCC/C=C\C/C=C\C/C=C\C/C=C\CCCCCO. The maximum atomic E-state index is 12.9. The van der Waals surface area contributed by atoms with Gasteiger partial charge >= 0.3 is 33.3 Å². The van der Waals surface area contributed by atoms with Crippen molar-refractivity contribution < 1.29 is 71.4 Å². The summed E-state index contributed by atoms with van der Waals surface area (Å²) in [4.78, 5) is 61.9. The van der Waals surface area contributed by atoms with Gasteiger partial charge in [0.05, 0.1) is 13.2 Å². The number of anilines is 1. The molecular weight excluding hydrogens is 1010 g/mol. The zero-order valence-corrected chi connectivity index (χ0v) is 45.3.